The van der Waals surface area contributed by atoms with Crippen LogP contribution in [0.1, 0.15) is 27.0 Å². The molecule has 1 N–H and O–H groups in total. The molecule has 5 heteroatoms. The smallest absolute Gasteiger partial charge is 0.354 e. The lowest BCUT2D eigenvalue weighted by atomic mass is 10.0. The Balaban J connectivity index is 2.22. The number of aromatic amines is 1. The summed E-state index contributed by atoms with van der Waals surface area (Å²) in [5.41, 5.74) is 3.62. The third-order valence-corrected chi connectivity index (χ3v) is 4.03. The number of hydrogen-bond donors (Lipinski definition) is 1. The third-order valence-electron chi connectivity index (χ3n) is 4.03. The van der Waals surface area contributed by atoms with Crippen LogP contribution in [0.15, 0.2) is 36.4 Å². The minimum Gasteiger partial charge on any atom is -0.354 e. The fourth-order valence-corrected chi connectivity index (χ4v) is 2.81. The van der Waals surface area contributed by atoms with Crippen molar-refractivity contribution in [3.05, 3.63) is 58.7 Å². The van der Waals surface area contributed by atoms with Gasteiger partial charge >= 0.3 is 6.18 Å². The Morgan fingerprint density at radius 2 is 1.57 bits per heavy atom. The van der Waals surface area contributed by atoms with Crippen molar-refractivity contribution < 1.29 is 18.0 Å². The highest BCUT2D eigenvalue weighted by atomic mass is 19.4. The van der Waals surface area contributed by atoms with E-state index in [1.165, 1.54) is 12.1 Å². The fraction of sp³-hybridized carbons (Fsp3) is 0.167. The Morgan fingerprint density at radius 3 is 2.13 bits per heavy atom. The molecule has 0 spiro atoms. The predicted molar refractivity (Wildman–Crippen MR) is 83.6 cm³/mol. The highest BCUT2D eigenvalue weighted by molar-refractivity contribution is 6.06. The molecule has 2 aromatic carbocycles. The largest absolute Gasteiger partial charge is 0.416 e. The molecule has 0 bridgehead atoms. The maximum Gasteiger partial charge on any atom is 0.416 e. The number of carbonyl (C=O) groups excluding carboxylic acids is 1. The fourth-order valence-electron chi connectivity index (χ4n) is 2.81. The van der Waals surface area contributed by atoms with Crippen LogP contribution in [-0.4, -0.2) is 11.3 Å². The topological polar surface area (TPSA) is 32.9 Å². The van der Waals surface area contributed by atoms with Crippen LogP contribution in [0.25, 0.3) is 22.2 Å². The van der Waals surface area contributed by atoms with Gasteiger partial charge in [0.15, 0.2) is 6.29 Å². The molecule has 0 fully saturated rings. The SMILES string of the molecule is Cc1ccc(C)c2c(C=O)c(-c3ccc(C(F)(F)F)cc3)[nH]c12. The monoisotopic (exact) mass is 317 g/mol. The van der Waals surface area contributed by atoms with Gasteiger partial charge in [0.2, 0.25) is 0 Å². The van der Waals surface area contributed by atoms with Crippen molar-refractivity contribution in [2.45, 2.75) is 20.0 Å². The molecule has 0 atom stereocenters. The first-order valence-corrected chi connectivity index (χ1v) is 7.07. The number of fused-ring (bicyclic) bond motifs is 1. The maximum absolute atomic E-state index is 12.7. The van der Waals surface area contributed by atoms with Crippen molar-refractivity contribution in [3.63, 3.8) is 0 Å². The highest BCUT2D eigenvalue weighted by Crippen LogP contribution is 2.35. The van der Waals surface area contributed by atoms with E-state index in [1.807, 2.05) is 26.0 Å². The van der Waals surface area contributed by atoms with E-state index in [2.05, 4.69) is 4.98 Å². The molecule has 1 aromatic heterocycles. The summed E-state index contributed by atoms with van der Waals surface area (Å²) in [5.74, 6) is 0. The Labute approximate surface area is 130 Å². The van der Waals surface area contributed by atoms with Crippen LogP contribution in [0.5, 0.6) is 0 Å². The number of rotatable bonds is 2. The summed E-state index contributed by atoms with van der Waals surface area (Å²) in [6.45, 7) is 3.82. The number of H-pyrrole nitrogens is 1. The average molecular weight is 317 g/mol. The number of halogens is 3. The van der Waals surface area contributed by atoms with Crippen molar-refractivity contribution in [1.29, 1.82) is 0 Å². The van der Waals surface area contributed by atoms with E-state index in [-0.39, 0.29) is 0 Å². The lowest BCUT2D eigenvalue weighted by molar-refractivity contribution is -0.137. The second-order valence-electron chi connectivity index (χ2n) is 5.56. The van der Waals surface area contributed by atoms with Gasteiger partial charge in [-0.2, -0.15) is 13.2 Å². The normalized spacial score (nSPS) is 11.9. The standard InChI is InChI=1S/C18H14F3NO/c1-10-3-4-11(2)16-15(10)14(9-23)17(22-16)12-5-7-13(8-6-12)18(19,20)21/h3-9,22H,1-2H3. The number of alkyl halides is 3. The van der Waals surface area contributed by atoms with Crippen molar-refractivity contribution in [2.75, 3.05) is 0 Å². The minimum absolute atomic E-state index is 0.473. The molecule has 0 aliphatic carbocycles. The van der Waals surface area contributed by atoms with Gasteiger partial charge in [-0.3, -0.25) is 4.79 Å². The number of carbonyl (C=O) groups is 1. The van der Waals surface area contributed by atoms with E-state index in [0.29, 0.717) is 16.8 Å². The van der Waals surface area contributed by atoms with Crippen molar-refractivity contribution >= 4 is 17.2 Å². The molecule has 23 heavy (non-hydrogen) atoms. The quantitative estimate of drug-likeness (QED) is 0.641. The summed E-state index contributed by atoms with van der Waals surface area (Å²) in [7, 11) is 0. The highest BCUT2D eigenvalue weighted by Gasteiger charge is 2.30. The molecule has 3 aromatic rings. The maximum atomic E-state index is 12.7. The first kappa shape index (κ1) is 15.3. The van der Waals surface area contributed by atoms with Gasteiger partial charge in [0.25, 0.3) is 0 Å². The number of aldehydes is 1. The molecule has 0 saturated carbocycles. The van der Waals surface area contributed by atoms with E-state index >= 15 is 0 Å². The zero-order chi connectivity index (χ0) is 16.8. The van der Waals surface area contributed by atoms with Crippen molar-refractivity contribution in [3.8, 4) is 11.3 Å². The Kier molecular flexibility index (Phi) is 3.51. The average Bonchev–Trinajstić information content (AvgIpc) is 2.91. The number of benzene rings is 2. The molecule has 1 heterocycles. The lowest BCUT2D eigenvalue weighted by Crippen LogP contribution is -2.04. The number of aryl methyl sites for hydroxylation is 2. The van der Waals surface area contributed by atoms with Gasteiger partial charge in [-0.05, 0) is 42.7 Å². The van der Waals surface area contributed by atoms with Gasteiger partial charge in [0, 0.05) is 16.5 Å². The summed E-state index contributed by atoms with van der Waals surface area (Å²) >= 11 is 0. The Morgan fingerprint density at radius 1 is 0.957 bits per heavy atom. The van der Waals surface area contributed by atoms with Gasteiger partial charge in [0.1, 0.15) is 0 Å². The van der Waals surface area contributed by atoms with Gasteiger partial charge in [0.05, 0.1) is 11.3 Å². The molecular weight excluding hydrogens is 303 g/mol. The summed E-state index contributed by atoms with van der Waals surface area (Å²) < 4.78 is 38.0. The van der Waals surface area contributed by atoms with Crippen LogP contribution < -0.4 is 0 Å². The molecule has 2 nitrogen and oxygen atoms in total. The van der Waals surface area contributed by atoms with Gasteiger partial charge in [-0.25, -0.2) is 0 Å². The van der Waals surface area contributed by atoms with Crippen LogP contribution in [0.2, 0.25) is 0 Å². The number of nitrogens with one attached hydrogen (secondary N) is 1. The first-order valence-electron chi connectivity index (χ1n) is 7.07. The molecule has 118 valence electrons. The van der Waals surface area contributed by atoms with Crippen molar-refractivity contribution in [2.24, 2.45) is 0 Å². The number of hydrogen-bond acceptors (Lipinski definition) is 1. The van der Waals surface area contributed by atoms with E-state index in [1.54, 1.807) is 0 Å². The molecule has 0 radical (unpaired) electrons. The first-order chi connectivity index (χ1) is 10.8. The number of aromatic nitrogens is 1. The van der Waals surface area contributed by atoms with Crippen LogP contribution in [-0.2, 0) is 6.18 Å². The molecule has 0 saturated heterocycles. The summed E-state index contributed by atoms with van der Waals surface area (Å²) in [5, 5.41) is 0.815. The predicted octanol–water partition coefficient (Wildman–Crippen LogP) is 5.28. The molecule has 0 unspecified atom stereocenters. The minimum atomic E-state index is -4.38. The zero-order valence-electron chi connectivity index (χ0n) is 12.6. The van der Waals surface area contributed by atoms with Gasteiger partial charge in [-0.15, -0.1) is 0 Å². The van der Waals surface area contributed by atoms with E-state index < -0.39 is 11.7 Å². The summed E-state index contributed by atoms with van der Waals surface area (Å²) in [6, 6.07) is 8.68. The second kappa shape index (κ2) is 5.26. The van der Waals surface area contributed by atoms with Gasteiger partial charge < -0.3 is 4.98 Å². The van der Waals surface area contributed by atoms with E-state index in [9.17, 15) is 18.0 Å². The van der Waals surface area contributed by atoms with Crippen LogP contribution in [0, 0.1) is 13.8 Å². The third kappa shape index (κ3) is 2.52. The Bertz CT molecular complexity index is 889. The molecule has 0 aliphatic heterocycles. The van der Waals surface area contributed by atoms with Crippen LogP contribution in [0.4, 0.5) is 13.2 Å². The molecule has 3 rings (SSSR count). The summed E-state index contributed by atoms with van der Waals surface area (Å²) in [6.07, 6.45) is -3.63. The van der Waals surface area contributed by atoms with Gasteiger partial charge in [-0.1, -0.05) is 24.3 Å². The second-order valence-corrected chi connectivity index (χ2v) is 5.56. The molecular formula is C18H14F3NO. The molecule has 0 amide bonds. The zero-order valence-corrected chi connectivity index (χ0v) is 12.6. The lowest BCUT2D eigenvalue weighted by Gasteiger charge is -2.07. The van der Waals surface area contributed by atoms with Crippen LogP contribution >= 0.6 is 0 Å². The summed E-state index contributed by atoms with van der Waals surface area (Å²) in [4.78, 5) is 14.8. The Hall–Kier alpha value is -2.56. The van der Waals surface area contributed by atoms with E-state index in [0.717, 1.165) is 40.4 Å². The van der Waals surface area contributed by atoms with Crippen molar-refractivity contribution in [1.82, 2.24) is 4.98 Å². The molecule has 0 aliphatic rings. The van der Waals surface area contributed by atoms with Crippen LogP contribution in [0.3, 0.4) is 0 Å². The van der Waals surface area contributed by atoms with E-state index in [4.69, 9.17) is 0 Å².